The molecule has 0 radical (unpaired) electrons. The van der Waals surface area contributed by atoms with E-state index in [1.807, 2.05) is 0 Å². The Morgan fingerprint density at radius 3 is 2.53 bits per heavy atom. The van der Waals surface area contributed by atoms with Gasteiger partial charge in [-0.05, 0) is 26.1 Å². The molecule has 7 nitrogen and oxygen atoms in total. The van der Waals surface area contributed by atoms with Crippen molar-refractivity contribution in [3.05, 3.63) is 20.8 Å². The standard InChI is InChI=1S/C12H23N5O2/c1-4-17(5-2)8-6-7-14-9-10(13)16(3)12(19)15-11(9)18/h14H,4-8,13H2,1-3H3,(H,15,18,19). The molecule has 4 N–H and O–H groups in total. The third-order valence-electron chi connectivity index (χ3n) is 3.22. The highest BCUT2D eigenvalue weighted by molar-refractivity contribution is 5.60. The Kier molecular flexibility index (Phi) is 5.62. The second-order valence-corrected chi connectivity index (χ2v) is 4.39. The molecule has 0 fully saturated rings. The van der Waals surface area contributed by atoms with E-state index in [1.54, 1.807) is 0 Å². The van der Waals surface area contributed by atoms with Crippen LogP contribution >= 0.6 is 0 Å². The van der Waals surface area contributed by atoms with Gasteiger partial charge in [0, 0.05) is 13.6 Å². The third kappa shape index (κ3) is 3.85. The van der Waals surface area contributed by atoms with Gasteiger partial charge >= 0.3 is 5.69 Å². The number of aromatic nitrogens is 2. The minimum absolute atomic E-state index is 0.164. The molecule has 0 unspecified atom stereocenters. The topological polar surface area (TPSA) is 96.2 Å². The van der Waals surface area contributed by atoms with Crippen molar-refractivity contribution in [3.8, 4) is 0 Å². The highest BCUT2D eigenvalue weighted by Gasteiger charge is 2.09. The van der Waals surface area contributed by atoms with Gasteiger partial charge in [0.05, 0.1) is 0 Å². The molecule has 1 aromatic rings. The zero-order valence-corrected chi connectivity index (χ0v) is 11.8. The second-order valence-electron chi connectivity index (χ2n) is 4.39. The van der Waals surface area contributed by atoms with Crippen molar-refractivity contribution >= 4 is 11.5 Å². The molecule has 0 atom stereocenters. The molecular weight excluding hydrogens is 246 g/mol. The number of nitrogen functional groups attached to an aromatic ring is 1. The van der Waals surface area contributed by atoms with Crippen LogP contribution in [0.2, 0.25) is 0 Å². The van der Waals surface area contributed by atoms with Gasteiger partial charge in [-0.1, -0.05) is 13.8 Å². The molecule has 0 bridgehead atoms. The van der Waals surface area contributed by atoms with Crippen LogP contribution in [-0.2, 0) is 7.05 Å². The maximum atomic E-state index is 11.6. The van der Waals surface area contributed by atoms with E-state index in [2.05, 4.69) is 29.0 Å². The van der Waals surface area contributed by atoms with Gasteiger partial charge in [0.2, 0.25) is 0 Å². The number of nitrogens with one attached hydrogen (secondary N) is 2. The Morgan fingerprint density at radius 2 is 1.95 bits per heavy atom. The fourth-order valence-electron chi connectivity index (χ4n) is 1.86. The number of nitrogens with two attached hydrogens (primary N) is 1. The summed E-state index contributed by atoms with van der Waals surface area (Å²) in [6.07, 6.45) is 0.906. The lowest BCUT2D eigenvalue weighted by Gasteiger charge is -2.18. The average Bonchev–Trinajstić information content (AvgIpc) is 2.39. The molecule has 0 saturated carbocycles. The summed E-state index contributed by atoms with van der Waals surface area (Å²) in [5.74, 6) is 0.164. The van der Waals surface area contributed by atoms with Crippen molar-refractivity contribution in [1.82, 2.24) is 14.5 Å². The lowest BCUT2D eigenvalue weighted by molar-refractivity contribution is 0.303. The first-order valence-corrected chi connectivity index (χ1v) is 6.56. The first-order chi connectivity index (χ1) is 9.01. The largest absolute Gasteiger partial charge is 0.383 e. The van der Waals surface area contributed by atoms with Crippen molar-refractivity contribution in [3.63, 3.8) is 0 Å². The fourth-order valence-corrected chi connectivity index (χ4v) is 1.86. The molecule has 1 aromatic heterocycles. The second kappa shape index (κ2) is 6.98. The van der Waals surface area contributed by atoms with E-state index in [-0.39, 0.29) is 11.5 Å². The lowest BCUT2D eigenvalue weighted by Crippen LogP contribution is -2.33. The molecule has 108 valence electrons. The van der Waals surface area contributed by atoms with Crippen LogP contribution in [0, 0.1) is 0 Å². The molecule has 0 amide bonds. The van der Waals surface area contributed by atoms with Gasteiger partial charge in [0.15, 0.2) is 0 Å². The number of nitrogens with zero attached hydrogens (tertiary/aromatic N) is 2. The number of hydrogen-bond acceptors (Lipinski definition) is 5. The van der Waals surface area contributed by atoms with E-state index in [0.717, 1.165) is 26.1 Å². The summed E-state index contributed by atoms with van der Waals surface area (Å²) < 4.78 is 1.22. The quantitative estimate of drug-likeness (QED) is 0.596. The molecule has 0 aliphatic rings. The van der Waals surface area contributed by atoms with Gasteiger partial charge in [0.1, 0.15) is 11.5 Å². The van der Waals surface area contributed by atoms with Gasteiger partial charge in [-0.15, -0.1) is 0 Å². The third-order valence-corrected chi connectivity index (χ3v) is 3.22. The highest BCUT2D eigenvalue weighted by Crippen LogP contribution is 2.08. The first-order valence-electron chi connectivity index (χ1n) is 6.56. The predicted octanol–water partition coefficient (Wildman–Crippen LogP) is -0.200. The van der Waals surface area contributed by atoms with Crippen LogP contribution in [0.5, 0.6) is 0 Å². The van der Waals surface area contributed by atoms with Crippen molar-refractivity contribution in [1.29, 1.82) is 0 Å². The Morgan fingerprint density at radius 1 is 1.32 bits per heavy atom. The monoisotopic (exact) mass is 269 g/mol. The number of anilines is 2. The summed E-state index contributed by atoms with van der Waals surface area (Å²) in [5.41, 5.74) is 5.04. The fraction of sp³-hybridized carbons (Fsp3) is 0.667. The van der Waals surface area contributed by atoms with Crippen molar-refractivity contribution in [2.75, 3.05) is 37.2 Å². The van der Waals surface area contributed by atoms with E-state index in [0.29, 0.717) is 6.54 Å². The van der Waals surface area contributed by atoms with E-state index in [1.165, 1.54) is 11.6 Å². The maximum Gasteiger partial charge on any atom is 0.329 e. The molecule has 0 aliphatic heterocycles. The number of hydrogen-bond donors (Lipinski definition) is 3. The molecule has 1 heterocycles. The highest BCUT2D eigenvalue weighted by atomic mass is 16.2. The van der Waals surface area contributed by atoms with Crippen molar-refractivity contribution in [2.24, 2.45) is 7.05 Å². The summed E-state index contributed by atoms with van der Waals surface area (Å²) >= 11 is 0. The van der Waals surface area contributed by atoms with Crippen LogP contribution in [0.15, 0.2) is 9.59 Å². The van der Waals surface area contributed by atoms with E-state index < -0.39 is 11.2 Å². The Labute approximate surface area is 112 Å². The first kappa shape index (κ1) is 15.3. The molecule has 0 aliphatic carbocycles. The SMILES string of the molecule is CCN(CC)CCCNc1c(N)n(C)c(=O)[nH]c1=O. The number of aromatic amines is 1. The number of H-pyrrole nitrogens is 1. The number of rotatable bonds is 7. The Hall–Kier alpha value is -1.76. The van der Waals surface area contributed by atoms with Gasteiger partial charge in [-0.3, -0.25) is 14.3 Å². The lowest BCUT2D eigenvalue weighted by atomic mass is 10.3. The summed E-state index contributed by atoms with van der Waals surface area (Å²) in [6, 6.07) is 0. The summed E-state index contributed by atoms with van der Waals surface area (Å²) in [6.45, 7) is 7.86. The smallest absolute Gasteiger partial charge is 0.329 e. The van der Waals surface area contributed by atoms with Gasteiger partial charge in [0.25, 0.3) is 5.56 Å². The summed E-state index contributed by atoms with van der Waals surface area (Å²) in [4.78, 5) is 27.5. The van der Waals surface area contributed by atoms with Gasteiger partial charge in [-0.25, -0.2) is 4.79 Å². The normalized spacial score (nSPS) is 10.9. The molecule has 0 saturated heterocycles. The van der Waals surface area contributed by atoms with Crippen LogP contribution in [0.4, 0.5) is 11.5 Å². The molecule has 0 spiro atoms. The summed E-state index contributed by atoms with van der Waals surface area (Å²) in [7, 11) is 1.52. The minimum atomic E-state index is -0.504. The molecule has 1 rings (SSSR count). The van der Waals surface area contributed by atoms with Crippen LogP contribution < -0.4 is 22.3 Å². The van der Waals surface area contributed by atoms with Gasteiger partial charge in [-0.2, -0.15) is 0 Å². The molecule has 0 aromatic carbocycles. The predicted molar refractivity (Wildman–Crippen MR) is 77.6 cm³/mol. The zero-order valence-electron chi connectivity index (χ0n) is 11.8. The zero-order chi connectivity index (χ0) is 14.4. The van der Waals surface area contributed by atoms with Crippen LogP contribution in [0.25, 0.3) is 0 Å². The van der Waals surface area contributed by atoms with Gasteiger partial charge < -0.3 is 16.0 Å². The van der Waals surface area contributed by atoms with E-state index in [4.69, 9.17) is 5.73 Å². The van der Waals surface area contributed by atoms with Crippen molar-refractivity contribution in [2.45, 2.75) is 20.3 Å². The maximum absolute atomic E-state index is 11.6. The average molecular weight is 269 g/mol. The van der Waals surface area contributed by atoms with E-state index >= 15 is 0 Å². The van der Waals surface area contributed by atoms with Crippen LogP contribution in [-0.4, -0.2) is 40.6 Å². The van der Waals surface area contributed by atoms with E-state index in [9.17, 15) is 9.59 Å². The molecular formula is C12H23N5O2. The molecule has 7 heteroatoms. The summed E-state index contributed by atoms with van der Waals surface area (Å²) in [5, 5.41) is 3.00. The van der Waals surface area contributed by atoms with Crippen LogP contribution in [0.3, 0.4) is 0 Å². The van der Waals surface area contributed by atoms with Crippen LogP contribution in [0.1, 0.15) is 20.3 Å². The Balaban J connectivity index is 2.62. The van der Waals surface area contributed by atoms with Crippen molar-refractivity contribution < 1.29 is 0 Å². The minimum Gasteiger partial charge on any atom is -0.383 e. The molecule has 19 heavy (non-hydrogen) atoms. The Bertz CT molecular complexity index is 516.